The summed E-state index contributed by atoms with van der Waals surface area (Å²) in [7, 11) is -10.5. The van der Waals surface area contributed by atoms with Crippen molar-refractivity contribution in [2.75, 3.05) is 5.32 Å². The van der Waals surface area contributed by atoms with Gasteiger partial charge >= 0.3 is 21.2 Å². The summed E-state index contributed by atoms with van der Waals surface area (Å²) in [6.45, 7) is 0.556. The third-order valence-corrected chi connectivity index (χ3v) is 7.77. The van der Waals surface area contributed by atoms with E-state index in [9.17, 15) is 23.6 Å². The van der Waals surface area contributed by atoms with Gasteiger partial charge in [0.15, 0.2) is 0 Å². The van der Waals surface area contributed by atoms with Crippen LogP contribution in [0.5, 0.6) is 0 Å². The summed E-state index contributed by atoms with van der Waals surface area (Å²) in [4.78, 5) is 50.7. The van der Waals surface area contributed by atoms with E-state index in [0.717, 1.165) is 0 Å². The van der Waals surface area contributed by atoms with E-state index in [-0.39, 0.29) is 10.7 Å². The zero-order valence-electron chi connectivity index (χ0n) is 13.0. The highest BCUT2D eigenvalue weighted by Crippen LogP contribution is 2.68. The van der Waals surface area contributed by atoms with Crippen LogP contribution in [-0.2, 0) is 23.2 Å². The average molecular weight is 447 g/mol. The molecule has 0 heterocycles. The Bertz CT molecular complexity index is 852. The fraction of sp³-hybridized carbons (Fsp3) is 0.167. The molecule has 0 saturated heterocycles. The van der Waals surface area contributed by atoms with Crippen molar-refractivity contribution in [1.29, 1.82) is 0 Å². The quantitative estimate of drug-likeness (QED) is 0.323. The monoisotopic (exact) mass is 446 g/mol. The standard InChI is InChI=1S/C12H14Cl2N2O8P2/c1-12(15,25(19,20)21)26(22,23)24-11(18)5-4-10(17)16-9-3-2-7(13)6-8(9)14/h2-6H,15H2,1H3,(H,16,17)(H,22,23)(H2,19,20,21)/b5-4-. The summed E-state index contributed by atoms with van der Waals surface area (Å²) in [5.41, 5.74) is 5.31. The van der Waals surface area contributed by atoms with Gasteiger partial charge < -0.3 is 30.3 Å². The highest BCUT2D eigenvalue weighted by molar-refractivity contribution is 7.73. The Hall–Kier alpha value is -1.22. The Kier molecular flexibility index (Phi) is 7.20. The Morgan fingerprint density at radius 3 is 2.31 bits per heavy atom. The van der Waals surface area contributed by atoms with Crippen LogP contribution in [0.1, 0.15) is 6.92 Å². The second-order valence-corrected chi connectivity index (χ2v) is 10.4. The summed E-state index contributed by atoms with van der Waals surface area (Å²) in [6, 6.07) is 4.21. The molecule has 0 aliphatic carbocycles. The van der Waals surface area contributed by atoms with Crippen molar-refractivity contribution in [1.82, 2.24) is 0 Å². The number of hydrogen-bond acceptors (Lipinski definition) is 6. The minimum atomic E-state index is -5.28. The molecule has 0 aromatic heterocycles. The van der Waals surface area contributed by atoms with Crippen LogP contribution in [0.15, 0.2) is 30.4 Å². The van der Waals surface area contributed by atoms with Gasteiger partial charge in [-0.2, -0.15) is 0 Å². The molecule has 2 atom stereocenters. The molecule has 10 nitrogen and oxygen atoms in total. The maximum Gasteiger partial charge on any atom is 0.410 e. The molecule has 6 N–H and O–H groups in total. The van der Waals surface area contributed by atoms with Crippen LogP contribution >= 0.6 is 38.4 Å². The minimum Gasteiger partial charge on any atom is -0.387 e. The van der Waals surface area contributed by atoms with Crippen molar-refractivity contribution < 1.29 is 37.9 Å². The molecule has 1 aromatic carbocycles. The highest BCUT2D eigenvalue weighted by atomic mass is 35.5. The van der Waals surface area contributed by atoms with E-state index in [0.29, 0.717) is 24.1 Å². The predicted molar refractivity (Wildman–Crippen MR) is 94.8 cm³/mol. The number of amides is 1. The van der Waals surface area contributed by atoms with Gasteiger partial charge in [0.05, 0.1) is 10.7 Å². The number of hydrogen-bond donors (Lipinski definition) is 5. The lowest BCUT2D eigenvalue weighted by Gasteiger charge is -2.28. The summed E-state index contributed by atoms with van der Waals surface area (Å²) in [5.74, 6) is -2.36. The number of nitrogens with one attached hydrogen (secondary N) is 1. The van der Waals surface area contributed by atoms with Crippen LogP contribution in [0.3, 0.4) is 0 Å². The largest absolute Gasteiger partial charge is 0.410 e. The molecule has 0 aliphatic rings. The van der Waals surface area contributed by atoms with Crippen molar-refractivity contribution >= 4 is 56.0 Å². The molecule has 1 amide bonds. The lowest BCUT2D eigenvalue weighted by Crippen LogP contribution is -2.36. The molecular weight excluding hydrogens is 433 g/mol. The molecule has 14 heteroatoms. The van der Waals surface area contributed by atoms with E-state index >= 15 is 0 Å². The van der Waals surface area contributed by atoms with E-state index in [1.807, 2.05) is 0 Å². The SMILES string of the molecule is CC(N)(P(=O)(O)O)P(=O)(O)OC(=O)/C=C\C(=O)Nc1ccc(Cl)cc1Cl. The number of nitrogens with two attached hydrogens (primary N) is 1. The molecule has 0 saturated carbocycles. The van der Waals surface area contributed by atoms with Crippen molar-refractivity contribution in [3.8, 4) is 0 Å². The summed E-state index contributed by atoms with van der Waals surface area (Å²) >= 11 is 11.5. The van der Waals surface area contributed by atoms with Gasteiger partial charge in [0.25, 0.3) is 0 Å². The van der Waals surface area contributed by atoms with Crippen molar-refractivity contribution in [3.63, 3.8) is 0 Å². The number of benzene rings is 1. The molecule has 0 bridgehead atoms. The van der Waals surface area contributed by atoms with Crippen molar-refractivity contribution in [2.24, 2.45) is 5.73 Å². The van der Waals surface area contributed by atoms with E-state index in [4.69, 9.17) is 38.7 Å². The molecule has 0 aliphatic heterocycles. The third-order valence-electron chi connectivity index (χ3n) is 2.94. The van der Waals surface area contributed by atoms with Crippen molar-refractivity contribution in [3.05, 3.63) is 40.4 Å². The number of carbonyl (C=O) groups excluding carboxylic acids is 2. The van der Waals surface area contributed by atoms with Gasteiger partial charge in [0, 0.05) is 17.2 Å². The lowest BCUT2D eigenvalue weighted by atomic mass is 10.3. The average Bonchev–Trinajstić information content (AvgIpc) is 2.46. The summed E-state index contributed by atoms with van der Waals surface area (Å²) in [5, 5.41) is -0.245. The van der Waals surface area contributed by atoms with Gasteiger partial charge in [-0.3, -0.25) is 9.36 Å². The zero-order valence-corrected chi connectivity index (χ0v) is 16.3. The molecule has 2 unspecified atom stereocenters. The van der Waals surface area contributed by atoms with Gasteiger partial charge in [0.2, 0.25) is 10.9 Å². The van der Waals surface area contributed by atoms with Crippen LogP contribution in [0.25, 0.3) is 0 Å². The van der Waals surface area contributed by atoms with Gasteiger partial charge in [-0.05, 0) is 25.1 Å². The topological polar surface area (TPSA) is 176 Å². The molecule has 0 fully saturated rings. The lowest BCUT2D eigenvalue weighted by molar-refractivity contribution is -0.129. The third kappa shape index (κ3) is 5.64. The fourth-order valence-electron chi connectivity index (χ4n) is 1.32. The summed E-state index contributed by atoms with van der Waals surface area (Å²) < 4.78 is 27.1. The van der Waals surface area contributed by atoms with Crippen LogP contribution in [0.4, 0.5) is 5.69 Å². The summed E-state index contributed by atoms with van der Waals surface area (Å²) in [6.07, 6.45) is 1.12. The molecule has 1 rings (SSSR count). The maximum absolute atomic E-state index is 11.8. The first kappa shape index (κ1) is 22.8. The minimum absolute atomic E-state index is 0.127. The normalized spacial score (nSPS) is 16.6. The Balaban J connectivity index is 2.79. The molecule has 144 valence electrons. The zero-order chi connectivity index (χ0) is 20.3. The van der Waals surface area contributed by atoms with Gasteiger partial charge in [0.1, 0.15) is 0 Å². The Morgan fingerprint density at radius 2 is 1.81 bits per heavy atom. The van der Waals surface area contributed by atoms with E-state index < -0.39 is 32.1 Å². The van der Waals surface area contributed by atoms with Crippen molar-refractivity contribution in [2.45, 2.75) is 11.9 Å². The van der Waals surface area contributed by atoms with Gasteiger partial charge in [-0.25, -0.2) is 9.36 Å². The Labute approximate surface area is 157 Å². The maximum atomic E-state index is 11.8. The molecule has 1 aromatic rings. The second kappa shape index (κ2) is 8.21. The number of halogens is 2. The smallest absolute Gasteiger partial charge is 0.387 e. The number of anilines is 1. The van der Waals surface area contributed by atoms with Gasteiger partial charge in [-0.15, -0.1) is 0 Å². The second-order valence-electron chi connectivity index (χ2n) is 5.02. The number of carbonyl (C=O) groups is 2. The van der Waals surface area contributed by atoms with E-state index in [2.05, 4.69) is 9.84 Å². The van der Waals surface area contributed by atoms with E-state index in [1.165, 1.54) is 18.2 Å². The van der Waals surface area contributed by atoms with E-state index in [1.54, 1.807) is 0 Å². The van der Waals surface area contributed by atoms with Crippen LogP contribution in [0.2, 0.25) is 10.0 Å². The first-order chi connectivity index (χ1) is 11.7. The highest BCUT2D eigenvalue weighted by Gasteiger charge is 2.56. The molecule has 26 heavy (non-hydrogen) atoms. The molecule has 0 spiro atoms. The number of rotatable bonds is 6. The fourth-order valence-corrected chi connectivity index (χ4v) is 3.70. The van der Waals surface area contributed by atoms with Crippen LogP contribution in [-0.4, -0.2) is 31.6 Å². The van der Waals surface area contributed by atoms with Crippen LogP contribution < -0.4 is 11.1 Å². The molecule has 0 radical (unpaired) electrons. The Morgan fingerprint density at radius 1 is 1.23 bits per heavy atom. The molecular formula is C12H14Cl2N2O8P2. The first-order valence-electron chi connectivity index (χ1n) is 6.52. The van der Waals surface area contributed by atoms with Gasteiger partial charge in [-0.1, -0.05) is 23.2 Å². The predicted octanol–water partition coefficient (Wildman–Crippen LogP) is 2.03. The first-order valence-corrected chi connectivity index (χ1v) is 10.5. The van der Waals surface area contributed by atoms with Crippen LogP contribution in [0, 0.1) is 0 Å².